The van der Waals surface area contributed by atoms with Gasteiger partial charge in [0.1, 0.15) is 5.75 Å². The minimum absolute atomic E-state index is 0.678. The highest BCUT2D eigenvalue weighted by molar-refractivity contribution is 6.31. The third-order valence-electron chi connectivity index (χ3n) is 3.68. The highest BCUT2D eigenvalue weighted by Crippen LogP contribution is 2.27. The van der Waals surface area contributed by atoms with E-state index in [0.717, 1.165) is 42.4 Å². The molecule has 0 saturated carbocycles. The summed E-state index contributed by atoms with van der Waals surface area (Å²) in [7, 11) is 3.89. The van der Waals surface area contributed by atoms with Crippen molar-refractivity contribution in [3.8, 4) is 5.75 Å². The summed E-state index contributed by atoms with van der Waals surface area (Å²) in [6.07, 6.45) is 0.968. The zero-order chi connectivity index (χ0) is 13.1. The molecule has 0 radical (unpaired) electrons. The second-order valence-corrected chi connectivity index (χ2v) is 5.36. The van der Waals surface area contributed by atoms with E-state index in [2.05, 4.69) is 17.3 Å². The first-order valence-electron chi connectivity index (χ1n) is 6.35. The summed E-state index contributed by atoms with van der Waals surface area (Å²) < 4.78 is 5.42. The number of aryl methyl sites for hydroxylation is 1. The predicted octanol–water partition coefficient (Wildman–Crippen LogP) is 2.10. The Kier molecular flexibility index (Phi) is 4.49. The van der Waals surface area contributed by atoms with E-state index >= 15 is 0 Å². The normalized spacial score (nSPS) is 15.8. The molecular weight excluding hydrogens is 248 g/mol. The first-order valence-corrected chi connectivity index (χ1v) is 6.73. The maximum absolute atomic E-state index is 6.18. The van der Waals surface area contributed by atoms with E-state index in [4.69, 9.17) is 16.3 Å². The fourth-order valence-electron chi connectivity index (χ4n) is 2.15. The Morgan fingerprint density at radius 1 is 1.44 bits per heavy atom. The van der Waals surface area contributed by atoms with E-state index in [1.54, 1.807) is 7.11 Å². The van der Waals surface area contributed by atoms with Gasteiger partial charge in [0.25, 0.3) is 0 Å². The molecule has 1 fully saturated rings. The predicted molar refractivity (Wildman–Crippen MR) is 75.7 cm³/mol. The molecule has 2 rings (SSSR count). The average molecular weight is 269 g/mol. The van der Waals surface area contributed by atoms with Crippen molar-refractivity contribution in [2.45, 2.75) is 19.4 Å². The van der Waals surface area contributed by atoms with Gasteiger partial charge in [-0.1, -0.05) is 11.6 Å². The molecule has 0 spiro atoms. The minimum atomic E-state index is 0.678. The zero-order valence-electron chi connectivity index (χ0n) is 11.3. The van der Waals surface area contributed by atoms with Crippen LogP contribution in [0, 0.1) is 6.92 Å². The van der Waals surface area contributed by atoms with Crippen molar-refractivity contribution in [3.05, 3.63) is 28.3 Å². The molecular formula is C14H21ClN2O. The summed E-state index contributed by atoms with van der Waals surface area (Å²) in [5.41, 5.74) is 2.25. The van der Waals surface area contributed by atoms with E-state index < -0.39 is 0 Å². The van der Waals surface area contributed by atoms with Crippen LogP contribution in [0.15, 0.2) is 12.1 Å². The Morgan fingerprint density at radius 2 is 2.17 bits per heavy atom. The van der Waals surface area contributed by atoms with Crippen LogP contribution in [0.4, 0.5) is 0 Å². The van der Waals surface area contributed by atoms with Crippen molar-refractivity contribution >= 4 is 11.6 Å². The number of methoxy groups -OCH3 is 1. The highest BCUT2D eigenvalue weighted by atomic mass is 35.5. The molecule has 100 valence electrons. The Hall–Kier alpha value is -0.770. The Bertz CT molecular complexity index is 419. The molecule has 1 aromatic rings. The molecule has 4 heteroatoms. The Morgan fingerprint density at radius 3 is 2.72 bits per heavy atom. The summed E-state index contributed by atoms with van der Waals surface area (Å²) in [5, 5.41) is 4.11. The van der Waals surface area contributed by atoms with Crippen molar-refractivity contribution in [1.29, 1.82) is 0 Å². The molecule has 0 amide bonds. The molecule has 0 aromatic heterocycles. The van der Waals surface area contributed by atoms with Crippen LogP contribution >= 0.6 is 11.6 Å². The number of nitrogens with one attached hydrogen (secondary N) is 1. The van der Waals surface area contributed by atoms with Crippen LogP contribution in [0.1, 0.15) is 11.1 Å². The number of hydrogen-bond donors (Lipinski definition) is 1. The minimum Gasteiger partial charge on any atom is -0.496 e. The SMILES string of the molecule is COc1cc(C)c(Cl)cc1CCN(C)C1CNC1. The zero-order valence-corrected chi connectivity index (χ0v) is 12.0. The molecule has 1 saturated heterocycles. The van der Waals surface area contributed by atoms with Crippen molar-refractivity contribution in [3.63, 3.8) is 0 Å². The van der Waals surface area contributed by atoms with Gasteiger partial charge in [-0.05, 0) is 43.7 Å². The first kappa shape index (κ1) is 13.7. The van der Waals surface area contributed by atoms with Gasteiger partial charge in [0.05, 0.1) is 7.11 Å². The van der Waals surface area contributed by atoms with Gasteiger partial charge >= 0.3 is 0 Å². The van der Waals surface area contributed by atoms with Gasteiger partial charge in [-0.25, -0.2) is 0 Å². The number of ether oxygens (including phenoxy) is 1. The lowest BCUT2D eigenvalue weighted by atomic mass is 10.1. The molecule has 3 nitrogen and oxygen atoms in total. The lowest BCUT2D eigenvalue weighted by Gasteiger charge is -2.35. The smallest absolute Gasteiger partial charge is 0.122 e. The molecule has 1 aliphatic rings. The van der Waals surface area contributed by atoms with Crippen LogP contribution in [0.3, 0.4) is 0 Å². The molecule has 1 aliphatic heterocycles. The fourth-order valence-corrected chi connectivity index (χ4v) is 2.33. The second kappa shape index (κ2) is 5.91. The molecule has 0 aliphatic carbocycles. The number of benzene rings is 1. The fraction of sp³-hybridized carbons (Fsp3) is 0.571. The van der Waals surface area contributed by atoms with Gasteiger partial charge in [0, 0.05) is 30.7 Å². The number of rotatable bonds is 5. The lowest BCUT2D eigenvalue weighted by molar-refractivity contribution is 0.182. The third-order valence-corrected chi connectivity index (χ3v) is 4.09. The van der Waals surface area contributed by atoms with Crippen molar-refractivity contribution in [2.24, 2.45) is 0 Å². The van der Waals surface area contributed by atoms with Gasteiger partial charge in [0.2, 0.25) is 0 Å². The monoisotopic (exact) mass is 268 g/mol. The van der Waals surface area contributed by atoms with E-state index in [1.807, 2.05) is 19.1 Å². The molecule has 1 aromatic carbocycles. The molecule has 1 N–H and O–H groups in total. The standard InChI is InChI=1S/C14H21ClN2O/c1-10-6-14(18-3)11(7-13(10)15)4-5-17(2)12-8-16-9-12/h6-7,12,16H,4-5,8-9H2,1-3H3. The van der Waals surface area contributed by atoms with Crippen LogP contribution in [-0.2, 0) is 6.42 Å². The molecule has 0 bridgehead atoms. The topological polar surface area (TPSA) is 24.5 Å². The summed E-state index contributed by atoms with van der Waals surface area (Å²) in [6, 6.07) is 4.72. The molecule has 0 unspecified atom stereocenters. The van der Waals surface area contributed by atoms with Gasteiger partial charge in [-0.3, -0.25) is 0 Å². The molecule has 1 heterocycles. The van der Waals surface area contributed by atoms with Gasteiger partial charge < -0.3 is 15.0 Å². The van der Waals surface area contributed by atoms with Crippen LogP contribution < -0.4 is 10.1 Å². The van der Waals surface area contributed by atoms with Gasteiger partial charge in [0.15, 0.2) is 0 Å². The van der Waals surface area contributed by atoms with E-state index in [-0.39, 0.29) is 0 Å². The summed E-state index contributed by atoms with van der Waals surface area (Å²) in [4.78, 5) is 2.39. The largest absolute Gasteiger partial charge is 0.496 e. The van der Waals surface area contributed by atoms with E-state index in [9.17, 15) is 0 Å². The average Bonchev–Trinajstić information content (AvgIpc) is 2.27. The maximum Gasteiger partial charge on any atom is 0.122 e. The highest BCUT2D eigenvalue weighted by Gasteiger charge is 2.21. The summed E-state index contributed by atoms with van der Waals surface area (Å²) in [6.45, 7) is 5.23. The summed E-state index contributed by atoms with van der Waals surface area (Å²) >= 11 is 6.18. The Balaban J connectivity index is 2.01. The van der Waals surface area contributed by atoms with Gasteiger partial charge in [-0.2, -0.15) is 0 Å². The van der Waals surface area contributed by atoms with Crippen LogP contribution in [0.25, 0.3) is 0 Å². The number of halogens is 1. The van der Waals surface area contributed by atoms with Crippen LogP contribution in [0.2, 0.25) is 5.02 Å². The van der Waals surface area contributed by atoms with Crippen molar-refractivity contribution in [2.75, 3.05) is 33.8 Å². The molecule has 0 atom stereocenters. The lowest BCUT2D eigenvalue weighted by Crippen LogP contribution is -2.56. The van der Waals surface area contributed by atoms with E-state index in [0.29, 0.717) is 6.04 Å². The quantitative estimate of drug-likeness (QED) is 0.885. The van der Waals surface area contributed by atoms with Crippen LogP contribution in [0.5, 0.6) is 5.75 Å². The van der Waals surface area contributed by atoms with Crippen LogP contribution in [-0.4, -0.2) is 44.7 Å². The third kappa shape index (κ3) is 2.97. The van der Waals surface area contributed by atoms with Crippen molar-refractivity contribution < 1.29 is 4.74 Å². The van der Waals surface area contributed by atoms with Gasteiger partial charge in [-0.15, -0.1) is 0 Å². The first-order chi connectivity index (χ1) is 8.61. The number of hydrogen-bond acceptors (Lipinski definition) is 3. The number of nitrogens with zero attached hydrogens (tertiary/aromatic N) is 1. The summed E-state index contributed by atoms with van der Waals surface area (Å²) in [5.74, 6) is 0.942. The number of likely N-dealkylation sites (N-methyl/N-ethyl adjacent to an activating group) is 1. The van der Waals surface area contributed by atoms with E-state index in [1.165, 1.54) is 5.56 Å². The molecule has 18 heavy (non-hydrogen) atoms. The maximum atomic E-state index is 6.18. The van der Waals surface area contributed by atoms with Crippen molar-refractivity contribution in [1.82, 2.24) is 10.2 Å². The Labute approximate surface area is 114 Å². The second-order valence-electron chi connectivity index (χ2n) is 4.96.